The van der Waals surface area contributed by atoms with Gasteiger partial charge in [0.15, 0.2) is 9.84 Å². The van der Waals surface area contributed by atoms with Crippen LogP contribution in [0.15, 0.2) is 66.1 Å². The number of rotatable bonds is 3. The van der Waals surface area contributed by atoms with E-state index in [2.05, 4.69) is 0 Å². The molecule has 1 aliphatic heterocycles. The van der Waals surface area contributed by atoms with Gasteiger partial charge in [-0.2, -0.15) is 0 Å². The second-order valence-electron chi connectivity index (χ2n) is 5.25. The second kappa shape index (κ2) is 6.18. The highest BCUT2D eigenvalue weighted by Gasteiger charge is 2.31. The molecule has 0 N–H and O–H groups in total. The van der Waals surface area contributed by atoms with Crippen LogP contribution in [0.2, 0.25) is 5.02 Å². The molecular formula is C17H14ClNO3S. The highest BCUT2D eigenvalue weighted by Crippen LogP contribution is 2.25. The van der Waals surface area contributed by atoms with Crippen LogP contribution in [-0.4, -0.2) is 26.1 Å². The van der Waals surface area contributed by atoms with E-state index in [1.54, 1.807) is 54.6 Å². The fraction of sp³-hybridized carbons (Fsp3) is 0.118. The standard InChI is InChI=1S/C17H14ClNO3S/c18-14-6-4-5-13(11-14)17(20)19(15-7-2-1-3-8-15)16-9-10-23(21,22)12-16/h1-11,16H,12H2. The molecule has 2 aromatic carbocycles. The maximum absolute atomic E-state index is 12.9. The Bertz CT molecular complexity index is 862. The van der Waals surface area contributed by atoms with Crippen molar-refractivity contribution in [3.63, 3.8) is 0 Å². The van der Waals surface area contributed by atoms with Gasteiger partial charge >= 0.3 is 0 Å². The number of sulfone groups is 1. The number of nitrogens with zero attached hydrogens (tertiary/aromatic N) is 1. The molecule has 3 rings (SSSR count). The molecule has 4 nitrogen and oxygen atoms in total. The van der Waals surface area contributed by atoms with Crippen molar-refractivity contribution in [1.82, 2.24) is 0 Å². The third-order valence-corrected chi connectivity index (χ3v) is 5.18. The van der Waals surface area contributed by atoms with Gasteiger partial charge in [0.05, 0.1) is 11.8 Å². The lowest BCUT2D eigenvalue weighted by Crippen LogP contribution is -2.41. The number of benzene rings is 2. The third-order valence-electron chi connectivity index (χ3n) is 3.57. The van der Waals surface area contributed by atoms with Crippen molar-refractivity contribution in [3.05, 3.63) is 76.7 Å². The zero-order valence-corrected chi connectivity index (χ0v) is 13.7. The van der Waals surface area contributed by atoms with E-state index in [4.69, 9.17) is 11.6 Å². The topological polar surface area (TPSA) is 54.5 Å². The summed E-state index contributed by atoms with van der Waals surface area (Å²) >= 11 is 5.96. The summed E-state index contributed by atoms with van der Waals surface area (Å²) in [6.45, 7) is 0. The number of carbonyl (C=O) groups excluding carboxylic acids is 1. The normalized spacial score (nSPS) is 18.7. The highest BCUT2D eigenvalue weighted by atomic mass is 35.5. The average Bonchev–Trinajstić information content (AvgIpc) is 2.88. The van der Waals surface area contributed by atoms with E-state index in [1.165, 1.54) is 10.3 Å². The predicted octanol–water partition coefficient (Wildman–Crippen LogP) is 3.30. The van der Waals surface area contributed by atoms with Crippen molar-refractivity contribution in [1.29, 1.82) is 0 Å². The first-order chi connectivity index (χ1) is 11.0. The first-order valence-corrected chi connectivity index (χ1v) is 9.11. The van der Waals surface area contributed by atoms with Gasteiger partial charge in [-0.3, -0.25) is 4.79 Å². The number of amides is 1. The number of hydrogen-bond acceptors (Lipinski definition) is 3. The minimum Gasteiger partial charge on any atom is -0.300 e. The largest absolute Gasteiger partial charge is 0.300 e. The maximum Gasteiger partial charge on any atom is 0.258 e. The third kappa shape index (κ3) is 3.46. The molecule has 0 aromatic heterocycles. The summed E-state index contributed by atoms with van der Waals surface area (Å²) in [4.78, 5) is 14.4. The molecule has 0 saturated heterocycles. The zero-order valence-electron chi connectivity index (χ0n) is 12.1. The van der Waals surface area contributed by atoms with E-state index < -0.39 is 15.9 Å². The summed E-state index contributed by atoms with van der Waals surface area (Å²) in [6, 6.07) is 15.1. The lowest BCUT2D eigenvalue weighted by atomic mass is 10.1. The van der Waals surface area contributed by atoms with E-state index in [0.29, 0.717) is 16.3 Å². The first kappa shape index (κ1) is 15.8. The van der Waals surface area contributed by atoms with Gasteiger partial charge in [0.2, 0.25) is 0 Å². The molecule has 1 amide bonds. The lowest BCUT2D eigenvalue weighted by molar-refractivity contribution is 0.0983. The molecule has 0 bridgehead atoms. The van der Waals surface area contributed by atoms with Crippen LogP contribution in [-0.2, 0) is 9.84 Å². The summed E-state index contributed by atoms with van der Waals surface area (Å²) in [5.41, 5.74) is 1.06. The van der Waals surface area contributed by atoms with Crippen molar-refractivity contribution in [2.24, 2.45) is 0 Å². The Labute approximate surface area is 139 Å². The van der Waals surface area contributed by atoms with E-state index in [1.807, 2.05) is 6.07 Å². The smallest absolute Gasteiger partial charge is 0.258 e. The van der Waals surface area contributed by atoms with E-state index >= 15 is 0 Å². The highest BCUT2D eigenvalue weighted by molar-refractivity contribution is 7.94. The number of anilines is 1. The molecule has 0 aliphatic carbocycles. The number of carbonyl (C=O) groups is 1. The van der Waals surface area contributed by atoms with Crippen LogP contribution in [0.25, 0.3) is 0 Å². The Morgan fingerprint density at radius 3 is 2.43 bits per heavy atom. The molecule has 0 radical (unpaired) electrons. The van der Waals surface area contributed by atoms with E-state index in [0.717, 1.165) is 0 Å². The van der Waals surface area contributed by atoms with Crippen LogP contribution in [0.5, 0.6) is 0 Å². The lowest BCUT2D eigenvalue weighted by Gasteiger charge is -2.27. The Morgan fingerprint density at radius 2 is 1.83 bits per heavy atom. The molecule has 118 valence electrons. The predicted molar refractivity (Wildman–Crippen MR) is 91.4 cm³/mol. The summed E-state index contributed by atoms with van der Waals surface area (Å²) in [5, 5.41) is 1.62. The summed E-state index contributed by atoms with van der Waals surface area (Å²) in [6.07, 6.45) is 1.55. The van der Waals surface area contributed by atoms with Crippen LogP contribution in [0, 0.1) is 0 Å². The Balaban J connectivity index is 2.02. The van der Waals surface area contributed by atoms with Crippen LogP contribution in [0.3, 0.4) is 0 Å². The molecule has 1 atom stereocenters. The van der Waals surface area contributed by atoms with E-state index in [9.17, 15) is 13.2 Å². The Hall–Kier alpha value is -2.11. The summed E-state index contributed by atoms with van der Waals surface area (Å²) < 4.78 is 23.5. The van der Waals surface area contributed by atoms with Crippen molar-refractivity contribution in [2.45, 2.75) is 6.04 Å². The molecule has 0 saturated carbocycles. The molecule has 1 heterocycles. The van der Waals surface area contributed by atoms with Crippen molar-refractivity contribution in [3.8, 4) is 0 Å². The minimum atomic E-state index is -3.27. The van der Waals surface area contributed by atoms with Crippen LogP contribution in [0.4, 0.5) is 5.69 Å². The van der Waals surface area contributed by atoms with Gasteiger partial charge in [0.25, 0.3) is 5.91 Å². The van der Waals surface area contributed by atoms with Crippen LogP contribution >= 0.6 is 11.6 Å². The van der Waals surface area contributed by atoms with Gasteiger partial charge in [0.1, 0.15) is 0 Å². The summed E-state index contributed by atoms with van der Waals surface area (Å²) in [5.74, 6) is -0.403. The van der Waals surface area contributed by atoms with Crippen molar-refractivity contribution < 1.29 is 13.2 Å². The van der Waals surface area contributed by atoms with Gasteiger partial charge < -0.3 is 4.90 Å². The first-order valence-electron chi connectivity index (χ1n) is 7.01. The van der Waals surface area contributed by atoms with Crippen molar-refractivity contribution in [2.75, 3.05) is 10.7 Å². The number of para-hydroxylation sites is 1. The average molecular weight is 348 g/mol. The molecule has 23 heavy (non-hydrogen) atoms. The monoisotopic (exact) mass is 347 g/mol. The molecule has 1 aliphatic rings. The molecule has 6 heteroatoms. The molecule has 0 spiro atoms. The Kier molecular flexibility index (Phi) is 4.24. The van der Waals surface area contributed by atoms with Crippen molar-refractivity contribution >= 4 is 33.0 Å². The molecular weight excluding hydrogens is 334 g/mol. The van der Waals surface area contributed by atoms with Gasteiger partial charge in [-0.25, -0.2) is 8.42 Å². The van der Waals surface area contributed by atoms with E-state index in [-0.39, 0.29) is 11.7 Å². The fourth-order valence-corrected chi connectivity index (χ4v) is 3.99. The number of halogens is 1. The molecule has 2 aromatic rings. The molecule has 1 unspecified atom stereocenters. The van der Waals surface area contributed by atoms with Gasteiger partial charge in [-0.15, -0.1) is 0 Å². The van der Waals surface area contributed by atoms with Crippen LogP contribution in [0.1, 0.15) is 10.4 Å². The van der Waals surface area contributed by atoms with Gasteiger partial charge in [0, 0.05) is 21.7 Å². The molecule has 0 fully saturated rings. The second-order valence-corrected chi connectivity index (χ2v) is 7.61. The quantitative estimate of drug-likeness (QED) is 0.856. The Morgan fingerprint density at radius 1 is 1.09 bits per heavy atom. The van der Waals surface area contributed by atoms with Gasteiger partial charge in [-0.05, 0) is 36.4 Å². The zero-order chi connectivity index (χ0) is 16.4. The maximum atomic E-state index is 12.9. The SMILES string of the molecule is O=C(c1cccc(Cl)c1)N(c1ccccc1)C1C=CS(=O)(=O)C1. The minimum absolute atomic E-state index is 0.117. The van der Waals surface area contributed by atoms with Gasteiger partial charge in [-0.1, -0.05) is 35.9 Å². The number of hydrogen-bond donors (Lipinski definition) is 0. The fourth-order valence-electron chi connectivity index (χ4n) is 2.53. The van der Waals surface area contributed by atoms with Crippen LogP contribution < -0.4 is 4.90 Å². The summed E-state index contributed by atoms with van der Waals surface area (Å²) in [7, 11) is -3.27.